The first kappa shape index (κ1) is 16.4. The van der Waals surface area contributed by atoms with Gasteiger partial charge in [0.15, 0.2) is 0 Å². The summed E-state index contributed by atoms with van der Waals surface area (Å²) in [6.45, 7) is 0.0488. The van der Waals surface area contributed by atoms with E-state index < -0.39 is 10.0 Å². The molecule has 1 heterocycles. The lowest BCUT2D eigenvalue weighted by Gasteiger charge is -2.17. The summed E-state index contributed by atoms with van der Waals surface area (Å²) < 4.78 is 24.3. The summed E-state index contributed by atoms with van der Waals surface area (Å²) in [5.41, 5.74) is 2.09. The van der Waals surface area contributed by atoms with Gasteiger partial charge in [0.05, 0.1) is 5.75 Å². The van der Waals surface area contributed by atoms with Gasteiger partial charge in [-0.05, 0) is 30.2 Å². The molecule has 120 valence electrons. The Morgan fingerprint density at radius 3 is 2.73 bits per heavy atom. The highest BCUT2D eigenvalue weighted by Gasteiger charge is 2.17. The highest BCUT2D eigenvalue weighted by Crippen LogP contribution is 2.23. The Bertz CT molecular complexity index is 698. The highest BCUT2D eigenvalue weighted by molar-refractivity contribution is 7.89. The van der Waals surface area contributed by atoms with Gasteiger partial charge in [-0.15, -0.1) is 0 Å². The minimum absolute atomic E-state index is 0.0291. The normalized spacial score (nSPS) is 14.4. The zero-order valence-corrected chi connectivity index (χ0v) is 13.4. The van der Waals surface area contributed by atoms with Gasteiger partial charge in [0, 0.05) is 38.3 Å². The van der Waals surface area contributed by atoms with E-state index in [4.69, 9.17) is 0 Å². The molecule has 22 heavy (non-hydrogen) atoms. The molecule has 0 saturated heterocycles. The second-order valence-electron chi connectivity index (χ2n) is 5.27. The van der Waals surface area contributed by atoms with Crippen molar-refractivity contribution in [2.45, 2.75) is 12.8 Å². The number of aryl methyl sites for hydroxylation is 1. The van der Waals surface area contributed by atoms with Gasteiger partial charge < -0.3 is 10.6 Å². The molecule has 1 aliphatic rings. The van der Waals surface area contributed by atoms with Gasteiger partial charge in [0.1, 0.15) is 0 Å². The average Bonchev–Trinajstić information content (AvgIpc) is 2.46. The Hall–Kier alpha value is -1.93. The van der Waals surface area contributed by atoms with Crippen molar-refractivity contribution < 1.29 is 18.0 Å². The molecule has 0 radical (unpaired) electrons. The van der Waals surface area contributed by atoms with Gasteiger partial charge in [-0.1, -0.05) is 0 Å². The first-order valence-corrected chi connectivity index (χ1v) is 8.52. The van der Waals surface area contributed by atoms with E-state index in [9.17, 15) is 18.0 Å². The number of carbonyl (C=O) groups is 2. The van der Waals surface area contributed by atoms with E-state index in [-0.39, 0.29) is 24.1 Å². The number of fused-ring (bicyclic) bond motifs is 1. The van der Waals surface area contributed by atoms with E-state index in [1.54, 1.807) is 18.2 Å². The number of nitrogens with zero attached hydrogens (tertiary/aromatic N) is 1. The summed E-state index contributed by atoms with van der Waals surface area (Å²) in [7, 11) is -0.419. The van der Waals surface area contributed by atoms with Gasteiger partial charge in [-0.25, -0.2) is 12.7 Å². The van der Waals surface area contributed by atoms with Crippen LogP contribution in [0.2, 0.25) is 0 Å². The number of hydrogen-bond acceptors (Lipinski definition) is 4. The molecule has 0 unspecified atom stereocenters. The van der Waals surface area contributed by atoms with Crippen LogP contribution in [0.25, 0.3) is 0 Å². The minimum Gasteiger partial charge on any atom is -0.351 e. The topological polar surface area (TPSA) is 95.6 Å². The van der Waals surface area contributed by atoms with E-state index in [2.05, 4.69) is 10.6 Å². The minimum atomic E-state index is -3.33. The third-order valence-electron chi connectivity index (χ3n) is 3.46. The van der Waals surface area contributed by atoms with Gasteiger partial charge in [0.25, 0.3) is 5.91 Å². The molecular weight excluding hydrogens is 306 g/mol. The van der Waals surface area contributed by atoms with E-state index in [0.29, 0.717) is 18.4 Å². The maximum Gasteiger partial charge on any atom is 0.251 e. The predicted octanol–water partition coefficient (Wildman–Crippen LogP) is 0.193. The van der Waals surface area contributed by atoms with Gasteiger partial charge in [-0.2, -0.15) is 0 Å². The smallest absolute Gasteiger partial charge is 0.251 e. The third-order valence-corrected chi connectivity index (χ3v) is 5.30. The van der Waals surface area contributed by atoms with Crippen molar-refractivity contribution >= 4 is 27.5 Å². The fourth-order valence-electron chi connectivity index (χ4n) is 2.10. The molecule has 0 atom stereocenters. The summed E-state index contributed by atoms with van der Waals surface area (Å²) >= 11 is 0. The monoisotopic (exact) mass is 325 g/mol. The number of sulfonamides is 1. The number of rotatable bonds is 5. The van der Waals surface area contributed by atoms with Crippen molar-refractivity contribution in [1.82, 2.24) is 9.62 Å². The van der Waals surface area contributed by atoms with Crippen LogP contribution in [0.15, 0.2) is 18.2 Å². The second kappa shape index (κ2) is 6.45. The number of carbonyl (C=O) groups excluding carboxylic acids is 2. The quantitative estimate of drug-likeness (QED) is 0.808. The molecule has 0 saturated carbocycles. The fraction of sp³-hybridized carbons (Fsp3) is 0.429. The average molecular weight is 325 g/mol. The molecule has 2 rings (SSSR count). The Balaban J connectivity index is 1.98. The standard InChI is InChI=1S/C14H19N3O4S/c1-17(2)22(20,21)8-7-15-14(19)11-3-5-12-10(9-11)4-6-13(18)16-12/h3,5,9H,4,6-8H2,1-2H3,(H,15,19)(H,16,18). The van der Waals surface area contributed by atoms with Crippen molar-refractivity contribution in [3.63, 3.8) is 0 Å². The Labute approximate surface area is 129 Å². The molecule has 7 nitrogen and oxygen atoms in total. The Kier molecular flexibility index (Phi) is 4.82. The van der Waals surface area contributed by atoms with Crippen molar-refractivity contribution in [2.24, 2.45) is 0 Å². The van der Waals surface area contributed by atoms with Gasteiger partial charge in [0.2, 0.25) is 15.9 Å². The predicted molar refractivity (Wildman–Crippen MR) is 83.2 cm³/mol. The van der Waals surface area contributed by atoms with Gasteiger partial charge in [-0.3, -0.25) is 9.59 Å². The highest BCUT2D eigenvalue weighted by atomic mass is 32.2. The molecule has 1 aromatic carbocycles. The molecule has 0 aromatic heterocycles. The molecule has 2 amide bonds. The maximum atomic E-state index is 12.0. The number of benzene rings is 1. The van der Waals surface area contributed by atoms with Crippen molar-refractivity contribution in [2.75, 3.05) is 31.7 Å². The van der Waals surface area contributed by atoms with Crippen molar-refractivity contribution in [1.29, 1.82) is 0 Å². The molecule has 0 fully saturated rings. The van der Waals surface area contributed by atoms with E-state index in [0.717, 1.165) is 15.6 Å². The zero-order chi connectivity index (χ0) is 16.3. The summed E-state index contributed by atoms with van der Waals surface area (Å²) in [4.78, 5) is 23.3. The lowest BCUT2D eigenvalue weighted by Crippen LogP contribution is -2.34. The van der Waals surface area contributed by atoms with E-state index in [1.165, 1.54) is 14.1 Å². The fourth-order valence-corrected chi connectivity index (χ4v) is 2.83. The van der Waals surface area contributed by atoms with Crippen LogP contribution in [0.4, 0.5) is 5.69 Å². The Morgan fingerprint density at radius 2 is 2.05 bits per heavy atom. The van der Waals surface area contributed by atoms with Crippen LogP contribution in [0.1, 0.15) is 22.3 Å². The lowest BCUT2D eigenvalue weighted by atomic mass is 10.00. The molecule has 2 N–H and O–H groups in total. The third kappa shape index (κ3) is 3.83. The molecule has 8 heteroatoms. The molecule has 0 bridgehead atoms. The molecule has 1 aromatic rings. The van der Waals surface area contributed by atoms with Crippen molar-refractivity contribution in [3.05, 3.63) is 29.3 Å². The van der Waals surface area contributed by atoms with E-state index in [1.807, 2.05) is 0 Å². The summed E-state index contributed by atoms with van der Waals surface area (Å²) in [6, 6.07) is 5.03. The number of amides is 2. The van der Waals surface area contributed by atoms with Crippen LogP contribution in [0, 0.1) is 0 Å². The van der Waals surface area contributed by atoms with Crippen LogP contribution in [-0.2, 0) is 21.2 Å². The van der Waals surface area contributed by atoms with Crippen molar-refractivity contribution in [3.8, 4) is 0 Å². The van der Waals surface area contributed by atoms with Crippen LogP contribution in [0.5, 0.6) is 0 Å². The summed E-state index contributed by atoms with van der Waals surface area (Å²) in [6.07, 6.45) is 0.996. The zero-order valence-electron chi connectivity index (χ0n) is 12.5. The van der Waals surface area contributed by atoms with E-state index >= 15 is 0 Å². The number of nitrogens with one attached hydrogen (secondary N) is 2. The summed E-state index contributed by atoms with van der Waals surface area (Å²) in [5, 5.41) is 5.34. The Morgan fingerprint density at radius 1 is 1.32 bits per heavy atom. The largest absolute Gasteiger partial charge is 0.351 e. The summed E-state index contributed by atoms with van der Waals surface area (Å²) in [5.74, 6) is -0.500. The molecule has 0 spiro atoms. The van der Waals surface area contributed by atoms with Crippen LogP contribution >= 0.6 is 0 Å². The number of hydrogen-bond donors (Lipinski definition) is 2. The molecular formula is C14H19N3O4S. The molecule has 0 aliphatic carbocycles. The van der Waals surface area contributed by atoms with Crippen LogP contribution in [-0.4, -0.2) is 50.9 Å². The van der Waals surface area contributed by atoms with Crippen LogP contribution in [0.3, 0.4) is 0 Å². The first-order chi connectivity index (χ1) is 10.3. The SMILES string of the molecule is CN(C)S(=O)(=O)CCNC(=O)c1ccc2c(c1)CCC(=O)N2. The van der Waals surface area contributed by atoms with Gasteiger partial charge >= 0.3 is 0 Å². The van der Waals surface area contributed by atoms with Crippen LogP contribution < -0.4 is 10.6 Å². The lowest BCUT2D eigenvalue weighted by molar-refractivity contribution is -0.116. The second-order valence-corrected chi connectivity index (χ2v) is 7.58. The number of anilines is 1. The first-order valence-electron chi connectivity index (χ1n) is 6.91. The maximum absolute atomic E-state index is 12.0. The molecule has 1 aliphatic heterocycles.